The Morgan fingerprint density at radius 3 is 2.35 bits per heavy atom. The second-order valence-corrected chi connectivity index (χ2v) is 4.35. The first-order chi connectivity index (χ1) is 8.24. The second-order valence-electron chi connectivity index (χ2n) is 4.35. The summed E-state index contributed by atoms with van der Waals surface area (Å²) in [4.78, 5) is 2.35. The molecule has 1 atom stereocenters. The average molecular weight is 236 g/mol. The topological polar surface area (TPSA) is 33.7 Å². The van der Waals surface area contributed by atoms with Gasteiger partial charge in [0.15, 0.2) is 0 Å². The van der Waals surface area contributed by atoms with Gasteiger partial charge in [-0.15, -0.1) is 0 Å². The van der Waals surface area contributed by atoms with Crippen molar-refractivity contribution in [3.05, 3.63) is 23.8 Å². The normalized spacial score (nSPS) is 21.2. The zero-order valence-electron chi connectivity index (χ0n) is 10.7. The first kappa shape index (κ1) is 12.2. The second kappa shape index (κ2) is 5.38. The minimum Gasteiger partial charge on any atom is -0.497 e. The lowest BCUT2D eigenvalue weighted by Gasteiger charge is -2.33. The fraction of sp³-hybridized carbons (Fsp3) is 0.538. The summed E-state index contributed by atoms with van der Waals surface area (Å²) in [7, 11) is 5.51. The van der Waals surface area contributed by atoms with E-state index in [4.69, 9.17) is 9.47 Å². The van der Waals surface area contributed by atoms with E-state index in [0.29, 0.717) is 6.04 Å². The van der Waals surface area contributed by atoms with Crippen molar-refractivity contribution in [1.82, 2.24) is 10.2 Å². The zero-order chi connectivity index (χ0) is 12.3. The number of likely N-dealkylation sites (N-methyl/N-ethyl adjacent to an activating group) is 1. The molecule has 1 aliphatic heterocycles. The molecular formula is C13H20N2O2. The van der Waals surface area contributed by atoms with E-state index < -0.39 is 0 Å². The number of rotatable bonds is 3. The van der Waals surface area contributed by atoms with Crippen molar-refractivity contribution in [1.29, 1.82) is 0 Å². The fourth-order valence-corrected chi connectivity index (χ4v) is 2.20. The number of hydrogen-bond acceptors (Lipinski definition) is 4. The molecule has 0 radical (unpaired) electrons. The number of nitrogens with one attached hydrogen (secondary N) is 1. The van der Waals surface area contributed by atoms with Gasteiger partial charge < -0.3 is 14.8 Å². The third-order valence-corrected chi connectivity index (χ3v) is 3.27. The quantitative estimate of drug-likeness (QED) is 0.857. The van der Waals surface area contributed by atoms with E-state index in [0.717, 1.165) is 31.1 Å². The van der Waals surface area contributed by atoms with E-state index in [2.05, 4.69) is 29.4 Å². The van der Waals surface area contributed by atoms with Crippen LogP contribution in [0.1, 0.15) is 11.6 Å². The lowest BCUT2D eigenvalue weighted by atomic mass is 10.0. The highest BCUT2D eigenvalue weighted by atomic mass is 16.5. The first-order valence-corrected chi connectivity index (χ1v) is 5.88. The predicted molar refractivity (Wildman–Crippen MR) is 67.8 cm³/mol. The van der Waals surface area contributed by atoms with Crippen LogP contribution in [0.5, 0.6) is 11.5 Å². The highest BCUT2D eigenvalue weighted by molar-refractivity contribution is 5.40. The van der Waals surface area contributed by atoms with Crippen molar-refractivity contribution < 1.29 is 9.47 Å². The van der Waals surface area contributed by atoms with E-state index in [9.17, 15) is 0 Å². The third-order valence-electron chi connectivity index (χ3n) is 3.27. The summed E-state index contributed by atoms with van der Waals surface area (Å²) in [6.45, 7) is 3.07. The molecule has 0 aliphatic carbocycles. The van der Waals surface area contributed by atoms with Crippen LogP contribution in [0, 0.1) is 0 Å². The summed E-state index contributed by atoms with van der Waals surface area (Å²) in [6.07, 6.45) is 0. The van der Waals surface area contributed by atoms with Crippen LogP contribution in [-0.2, 0) is 0 Å². The Labute approximate surface area is 103 Å². The van der Waals surface area contributed by atoms with Gasteiger partial charge in [0.25, 0.3) is 0 Å². The van der Waals surface area contributed by atoms with Crippen LogP contribution in [0.25, 0.3) is 0 Å². The maximum absolute atomic E-state index is 5.30. The summed E-state index contributed by atoms with van der Waals surface area (Å²) in [5.74, 6) is 1.69. The van der Waals surface area contributed by atoms with Gasteiger partial charge in [-0.2, -0.15) is 0 Å². The van der Waals surface area contributed by atoms with Gasteiger partial charge in [-0.3, -0.25) is 4.90 Å². The first-order valence-electron chi connectivity index (χ1n) is 5.88. The fourth-order valence-electron chi connectivity index (χ4n) is 2.20. The lowest BCUT2D eigenvalue weighted by molar-refractivity contribution is 0.201. The Hall–Kier alpha value is -1.26. The minimum absolute atomic E-state index is 0.382. The van der Waals surface area contributed by atoms with E-state index in [1.165, 1.54) is 5.56 Å². The van der Waals surface area contributed by atoms with Gasteiger partial charge in [0.05, 0.1) is 14.2 Å². The maximum atomic E-state index is 5.30. The van der Waals surface area contributed by atoms with Crippen LogP contribution in [0.15, 0.2) is 18.2 Å². The average Bonchev–Trinajstić information content (AvgIpc) is 2.38. The largest absolute Gasteiger partial charge is 0.497 e. The Morgan fingerprint density at radius 2 is 1.82 bits per heavy atom. The van der Waals surface area contributed by atoms with Crippen LogP contribution < -0.4 is 14.8 Å². The van der Waals surface area contributed by atoms with E-state index >= 15 is 0 Å². The number of ether oxygens (including phenoxy) is 2. The molecule has 1 aromatic carbocycles. The van der Waals surface area contributed by atoms with Gasteiger partial charge in [-0.25, -0.2) is 0 Å². The van der Waals surface area contributed by atoms with Crippen molar-refractivity contribution in [3.8, 4) is 11.5 Å². The van der Waals surface area contributed by atoms with Gasteiger partial charge >= 0.3 is 0 Å². The minimum atomic E-state index is 0.382. The van der Waals surface area contributed by atoms with Crippen LogP contribution in [-0.4, -0.2) is 45.8 Å². The molecular weight excluding hydrogens is 216 g/mol. The van der Waals surface area contributed by atoms with E-state index in [-0.39, 0.29) is 0 Å². The molecule has 1 saturated heterocycles. The molecule has 2 rings (SSSR count). The molecule has 0 aromatic heterocycles. The number of methoxy groups -OCH3 is 2. The Balaban J connectivity index is 2.29. The molecule has 0 saturated carbocycles. The summed E-state index contributed by atoms with van der Waals surface area (Å²) in [6, 6.07) is 6.44. The summed E-state index contributed by atoms with van der Waals surface area (Å²) in [5, 5.41) is 3.42. The number of benzene rings is 1. The third kappa shape index (κ3) is 2.70. The molecule has 1 heterocycles. The Morgan fingerprint density at radius 1 is 1.18 bits per heavy atom. The molecule has 17 heavy (non-hydrogen) atoms. The standard InChI is InChI=1S/C13H20N2O2/c1-15-5-4-14-9-13(15)10-6-11(16-2)8-12(7-10)17-3/h6-8,13-14H,4-5,9H2,1-3H3. The summed E-state index contributed by atoms with van der Waals surface area (Å²) in [5.41, 5.74) is 1.23. The van der Waals surface area contributed by atoms with Crippen molar-refractivity contribution >= 4 is 0 Å². The summed E-state index contributed by atoms with van der Waals surface area (Å²) >= 11 is 0. The van der Waals surface area contributed by atoms with E-state index in [1.54, 1.807) is 14.2 Å². The predicted octanol–water partition coefficient (Wildman–Crippen LogP) is 1.28. The molecule has 1 N–H and O–H groups in total. The van der Waals surface area contributed by atoms with Crippen molar-refractivity contribution in [2.75, 3.05) is 40.9 Å². The number of piperazine rings is 1. The molecule has 1 fully saturated rings. The van der Waals surface area contributed by atoms with Gasteiger partial charge in [-0.05, 0) is 24.7 Å². The van der Waals surface area contributed by atoms with Crippen LogP contribution >= 0.6 is 0 Å². The molecule has 1 aliphatic rings. The Bertz CT molecular complexity index is 359. The molecule has 1 unspecified atom stereocenters. The monoisotopic (exact) mass is 236 g/mol. The molecule has 0 spiro atoms. The molecule has 94 valence electrons. The smallest absolute Gasteiger partial charge is 0.122 e. The van der Waals surface area contributed by atoms with Crippen molar-refractivity contribution in [2.45, 2.75) is 6.04 Å². The van der Waals surface area contributed by atoms with Crippen LogP contribution in [0.4, 0.5) is 0 Å². The van der Waals surface area contributed by atoms with Crippen LogP contribution in [0.3, 0.4) is 0 Å². The molecule has 0 amide bonds. The van der Waals surface area contributed by atoms with Gasteiger partial charge in [0.2, 0.25) is 0 Å². The summed E-state index contributed by atoms with van der Waals surface area (Å²) < 4.78 is 10.6. The Kier molecular flexibility index (Phi) is 3.86. The molecule has 1 aromatic rings. The van der Waals surface area contributed by atoms with Gasteiger partial charge in [-0.1, -0.05) is 0 Å². The molecule has 4 heteroatoms. The number of hydrogen-bond donors (Lipinski definition) is 1. The van der Waals surface area contributed by atoms with Gasteiger partial charge in [0, 0.05) is 31.7 Å². The highest BCUT2D eigenvalue weighted by Crippen LogP contribution is 2.29. The highest BCUT2D eigenvalue weighted by Gasteiger charge is 2.21. The van der Waals surface area contributed by atoms with Crippen LogP contribution in [0.2, 0.25) is 0 Å². The van der Waals surface area contributed by atoms with Crippen molar-refractivity contribution in [3.63, 3.8) is 0 Å². The molecule has 4 nitrogen and oxygen atoms in total. The van der Waals surface area contributed by atoms with E-state index in [1.807, 2.05) is 6.07 Å². The maximum Gasteiger partial charge on any atom is 0.122 e. The SMILES string of the molecule is COc1cc(OC)cc(C2CNCCN2C)c1. The van der Waals surface area contributed by atoms with Gasteiger partial charge in [0.1, 0.15) is 11.5 Å². The number of nitrogens with zero attached hydrogens (tertiary/aromatic N) is 1. The zero-order valence-corrected chi connectivity index (χ0v) is 10.7. The van der Waals surface area contributed by atoms with Crippen molar-refractivity contribution in [2.24, 2.45) is 0 Å². The lowest BCUT2D eigenvalue weighted by Crippen LogP contribution is -2.43. The molecule has 0 bridgehead atoms.